The molecule has 0 amide bonds. The van der Waals surface area contributed by atoms with Gasteiger partial charge in [0.25, 0.3) is 0 Å². The molecule has 0 unspecified atom stereocenters. The molecule has 1 N–H and O–H groups in total. The van der Waals surface area contributed by atoms with Crippen LogP contribution in [-0.4, -0.2) is 62.0 Å². The minimum Gasteiger partial charge on any atom is -0.495 e. The number of hydrogen-bond donors (Lipinski definition) is 1. The minimum absolute atomic E-state index is 0.180. The smallest absolute Gasteiger partial charge is 0.246 e. The molecule has 0 bridgehead atoms. The van der Waals surface area contributed by atoms with E-state index in [2.05, 4.69) is 16.3 Å². The van der Waals surface area contributed by atoms with Gasteiger partial charge in [-0.1, -0.05) is 6.07 Å². The average molecular weight is 479 g/mol. The van der Waals surface area contributed by atoms with Crippen molar-refractivity contribution in [3.63, 3.8) is 0 Å². The largest absolute Gasteiger partial charge is 0.495 e. The molecule has 1 saturated heterocycles. The monoisotopic (exact) mass is 478 g/mol. The van der Waals surface area contributed by atoms with E-state index in [9.17, 15) is 13.7 Å². The molecule has 1 aliphatic heterocycles. The summed E-state index contributed by atoms with van der Waals surface area (Å²) in [6.07, 6.45) is 2.19. The summed E-state index contributed by atoms with van der Waals surface area (Å²) in [4.78, 5) is 11.9. The zero-order valence-electron chi connectivity index (χ0n) is 19.2. The van der Waals surface area contributed by atoms with E-state index in [0.29, 0.717) is 60.7 Å². The Morgan fingerprint density at radius 1 is 1.06 bits per heavy atom. The summed E-state index contributed by atoms with van der Waals surface area (Å²) in [6.45, 7) is 3.49. The average Bonchev–Trinajstić information content (AvgIpc) is 3.67. The van der Waals surface area contributed by atoms with Crippen molar-refractivity contribution in [2.75, 3.05) is 43.5 Å². The topological polar surface area (TPSA) is 111 Å². The number of aromatic nitrogens is 2. The second-order valence-electron chi connectivity index (χ2n) is 8.68. The molecular weight excluding hydrogens is 452 g/mol. The molecule has 2 fully saturated rings. The van der Waals surface area contributed by atoms with Gasteiger partial charge in [0.05, 0.1) is 29.8 Å². The van der Waals surface area contributed by atoms with E-state index in [1.54, 1.807) is 30.3 Å². The summed E-state index contributed by atoms with van der Waals surface area (Å²) in [5.41, 5.74) is 2.83. The zero-order chi connectivity index (χ0) is 23.9. The molecule has 2 aromatic carbocycles. The van der Waals surface area contributed by atoms with Crippen LogP contribution in [-0.2, 0) is 10.0 Å². The van der Waals surface area contributed by atoms with Crippen molar-refractivity contribution in [1.82, 2.24) is 14.3 Å². The minimum atomic E-state index is -3.70. The van der Waals surface area contributed by atoms with Crippen molar-refractivity contribution in [3.8, 4) is 11.8 Å². The van der Waals surface area contributed by atoms with Gasteiger partial charge in [-0.3, -0.25) is 0 Å². The Kier molecular flexibility index (Phi) is 5.75. The molecule has 1 aliphatic carbocycles. The van der Waals surface area contributed by atoms with E-state index in [1.165, 1.54) is 11.4 Å². The van der Waals surface area contributed by atoms with Gasteiger partial charge >= 0.3 is 0 Å². The Balaban J connectivity index is 1.42. The number of hydrogen-bond acceptors (Lipinski definition) is 8. The van der Waals surface area contributed by atoms with E-state index >= 15 is 0 Å². The highest BCUT2D eigenvalue weighted by atomic mass is 32.2. The van der Waals surface area contributed by atoms with Crippen molar-refractivity contribution in [1.29, 1.82) is 5.26 Å². The zero-order valence-corrected chi connectivity index (χ0v) is 20.0. The van der Waals surface area contributed by atoms with E-state index in [-0.39, 0.29) is 4.90 Å². The van der Waals surface area contributed by atoms with Crippen LogP contribution in [0, 0.1) is 18.3 Å². The number of rotatable bonds is 6. The number of nitrogens with one attached hydrogen (secondary N) is 1. The van der Waals surface area contributed by atoms with E-state index in [1.807, 2.05) is 13.0 Å². The molecular formula is C24H26N6O3S. The molecule has 5 rings (SSSR count). The van der Waals surface area contributed by atoms with Gasteiger partial charge in [0.15, 0.2) is 11.6 Å². The molecule has 0 radical (unpaired) electrons. The van der Waals surface area contributed by atoms with Gasteiger partial charge in [-0.15, -0.1) is 0 Å². The van der Waals surface area contributed by atoms with Crippen LogP contribution in [0.1, 0.15) is 24.0 Å². The van der Waals surface area contributed by atoms with Crippen LogP contribution in [0.25, 0.3) is 11.0 Å². The SMILES string of the molecule is COc1cc(C)ccc1S(=O)(=O)N1CCN(c2nc3cc(C#N)ccc3nc2NC2CC2)CC1. The number of sulfonamides is 1. The fourth-order valence-electron chi connectivity index (χ4n) is 4.12. The maximum Gasteiger partial charge on any atom is 0.246 e. The first kappa shape index (κ1) is 22.4. The number of aryl methyl sites for hydroxylation is 1. The van der Waals surface area contributed by atoms with Crippen molar-refractivity contribution in [2.24, 2.45) is 0 Å². The summed E-state index contributed by atoms with van der Waals surface area (Å²) in [5, 5.41) is 12.7. The van der Waals surface area contributed by atoms with Gasteiger partial charge in [0, 0.05) is 32.2 Å². The molecule has 1 aromatic heterocycles. The number of benzene rings is 2. The number of nitriles is 1. The molecule has 2 heterocycles. The van der Waals surface area contributed by atoms with Crippen LogP contribution in [0.5, 0.6) is 5.75 Å². The Labute approximate surface area is 199 Å². The van der Waals surface area contributed by atoms with Gasteiger partial charge in [-0.05, 0) is 55.7 Å². The second kappa shape index (κ2) is 8.74. The summed E-state index contributed by atoms with van der Waals surface area (Å²) < 4.78 is 33.5. The predicted octanol–water partition coefficient (Wildman–Crippen LogP) is 2.90. The van der Waals surface area contributed by atoms with Gasteiger partial charge < -0.3 is 15.0 Å². The number of anilines is 2. The highest BCUT2D eigenvalue weighted by Gasteiger charge is 2.33. The first-order chi connectivity index (χ1) is 16.4. The molecule has 34 heavy (non-hydrogen) atoms. The number of ether oxygens (including phenoxy) is 1. The highest BCUT2D eigenvalue weighted by Crippen LogP contribution is 2.33. The Bertz CT molecular complexity index is 1390. The van der Waals surface area contributed by atoms with Crippen molar-refractivity contribution < 1.29 is 13.2 Å². The van der Waals surface area contributed by atoms with E-state index < -0.39 is 10.0 Å². The van der Waals surface area contributed by atoms with Gasteiger partial charge in [-0.2, -0.15) is 9.57 Å². The normalized spacial score (nSPS) is 16.9. The lowest BCUT2D eigenvalue weighted by atomic mass is 10.2. The molecule has 10 heteroatoms. The number of nitrogens with zero attached hydrogens (tertiary/aromatic N) is 5. The summed E-state index contributed by atoms with van der Waals surface area (Å²) in [7, 11) is -2.21. The van der Waals surface area contributed by atoms with Crippen LogP contribution in [0.3, 0.4) is 0 Å². The molecule has 3 aromatic rings. The lowest BCUT2D eigenvalue weighted by Gasteiger charge is -2.35. The Morgan fingerprint density at radius 3 is 2.50 bits per heavy atom. The predicted molar refractivity (Wildman–Crippen MR) is 130 cm³/mol. The maximum absolute atomic E-state index is 13.3. The third-order valence-electron chi connectivity index (χ3n) is 6.17. The maximum atomic E-state index is 13.3. The van der Waals surface area contributed by atoms with E-state index in [4.69, 9.17) is 14.7 Å². The lowest BCUT2D eigenvalue weighted by molar-refractivity contribution is 0.373. The number of methoxy groups -OCH3 is 1. The van der Waals surface area contributed by atoms with Crippen LogP contribution in [0.4, 0.5) is 11.6 Å². The van der Waals surface area contributed by atoms with Crippen molar-refractivity contribution >= 4 is 32.7 Å². The molecule has 2 aliphatic rings. The van der Waals surface area contributed by atoms with Crippen LogP contribution < -0.4 is 15.0 Å². The fraction of sp³-hybridized carbons (Fsp3) is 0.375. The molecule has 0 spiro atoms. The van der Waals surface area contributed by atoms with Crippen LogP contribution in [0.15, 0.2) is 41.3 Å². The van der Waals surface area contributed by atoms with Crippen molar-refractivity contribution in [3.05, 3.63) is 47.5 Å². The third-order valence-corrected chi connectivity index (χ3v) is 8.11. The Morgan fingerprint density at radius 2 is 1.82 bits per heavy atom. The van der Waals surface area contributed by atoms with Gasteiger partial charge in [-0.25, -0.2) is 18.4 Å². The summed E-state index contributed by atoms with van der Waals surface area (Å²) in [6, 6.07) is 12.9. The molecule has 176 valence electrons. The highest BCUT2D eigenvalue weighted by molar-refractivity contribution is 7.89. The van der Waals surface area contributed by atoms with E-state index in [0.717, 1.165) is 23.9 Å². The first-order valence-corrected chi connectivity index (χ1v) is 12.7. The van der Waals surface area contributed by atoms with Gasteiger partial charge in [0.1, 0.15) is 10.6 Å². The summed E-state index contributed by atoms with van der Waals surface area (Å²) >= 11 is 0. The standard InChI is InChI=1S/C24H26N6O3S/c1-16-3-8-22(21(13-16)33-2)34(31,32)30-11-9-29(10-12-30)24-23(26-18-5-6-18)27-19-7-4-17(15-25)14-20(19)28-24/h3-4,7-8,13-14,18H,5-6,9-12H2,1-2H3,(H,26,27). The fourth-order valence-corrected chi connectivity index (χ4v) is 5.68. The number of piperazine rings is 1. The quantitative estimate of drug-likeness (QED) is 0.576. The van der Waals surface area contributed by atoms with Crippen LogP contribution >= 0.6 is 0 Å². The molecule has 9 nitrogen and oxygen atoms in total. The lowest BCUT2D eigenvalue weighted by Crippen LogP contribution is -2.49. The summed E-state index contributed by atoms with van der Waals surface area (Å²) in [5.74, 6) is 1.75. The second-order valence-corrected chi connectivity index (χ2v) is 10.6. The van der Waals surface area contributed by atoms with Gasteiger partial charge in [0.2, 0.25) is 10.0 Å². The first-order valence-electron chi connectivity index (χ1n) is 11.3. The molecule has 0 atom stereocenters. The molecule has 1 saturated carbocycles. The third kappa shape index (κ3) is 4.24. The van der Waals surface area contributed by atoms with Crippen LogP contribution in [0.2, 0.25) is 0 Å². The van der Waals surface area contributed by atoms with Crippen molar-refractivity contribution in [2.45, 2.75) is 30.7 Å². The Hall–Kier alpha value is -3.42. The number of fused-ring (bicyclic) bond motifs is 1.